The topological polar surface area (TPSA) is 87.5 Å². The normalized spacial score (nSPS) is 18.9. The molecule has 0 radical (unpaired) electrons. The highest BCUT2D eigenvalue weighted by Gasteiger charge is 2.23. The van der Waals surface area contributed by atoms with Gasteiger partial charge in [-0.05, 0) is 19.3 Å². The number of piperidine rings is 1. The van der Waals surface area contributed by atoms with Crippen LogP contribution in [0.1, 0.15) is 32.6 Å². The Kier molecular flexibility index (Phi) is 6.80. The number of amides is 2. The molecular formula is C13H26N4O2. The van der Waals surface area contributed by atoms with Gasteiger partial charge in [-0.15, -0.1) is 0 Å². The van der Waals surface area contributed by atoms with E-state index in [1.165, 1.54) is 0 Å². The summed E-state index contributed by atoms with van der Waals surface area (Å²) in [5.41, 5.74) is 5.78. The first kappa shape index (κ1) is 15.9. The number of nitrogens with zero attached hydrogens (tertiary/aromatic N) is 1. The second-order valence-electron chi connectivity index (χ2n) is 5.13. The van der Waals surface area contributed by atoms with Crippen LogP contribution in [0.15, 0.2) is 0 Å². The van der Waals surface area contributed by atoms with Gasteiger partial charge in [0.15, 0.2) is 0 Å². The van der Waals surface area contributed by atoms with Crippen molar-refractivity contribution in [1.82, 2.24) is 15.5 Å². The largest absolute Gasteiger partial charge is 0.358 e. The van der Waals surface area contributed by atoms with Crippen molar-refractivity contribution in [3.8, 4) is 0 Å². The molecule has 0 spiro atoms. The molecule has 4 N–H and O–H groups in total. The fourth-order valence-corrected chi connectivity index (χ4v) is 2.27. The highest BCUT2D eigenvalue weighted by molar-refractivity contribution is 5.81. The van der Waals surface area contributed by atoms with Gasteiger partial charge in [-0.1, -0.05) is 13.3 Å². The third kappa shape index (κ3) is 5.57. The number of hydrogen-bond acceptors (Lipinski definition) is 4. The van der Waals surface area contributed by atoms with E-state index in [2.05, 4.69) is 15.5 Å². The molecule has 110 valence electrons. The van der Waals surface area contributed by atoms with Crippen LogP contribution in [0.3, 0.4) is 0 Å². The molecule has 1 aliphatic rings. The van der Waals surface area contributed by atoms with E-state index in [-0.39, 0.29) is 17.9 Å². The summed E-state index contributed by atoms with van der Waals surface area (Å²) in [5.74, 6) is -0.0148. The van der Waals surface area contributed by atoms with Crippen LogP contribution in [-0.2, 0) is 9.59 Å². The second kappa shape index (κ2) is 8.12. The lowest BCUT2D eigenvalue weighted by Crippen LogP contribution is -2.50. The molecule has 0 aromatic rings. The summed E-state index contributed by atoms with van der Waals surface area (Å²) in [4.78, 5) is 25.2. The van der Waals surface area contributed by atoms with Gasteiger partial charge >= 0.3 is 0 Å². The first-order valence-electron chi connectivity index (χ1n) is 7.05. The van der Waals surface area contributed by atoms with E-state index < -0.39 is 6.04 Å². The van der Waals surface area contributed by atoms with Crippen LogP contribution in [-0.4, -0.2) is 55.5 Å². The number of likely N-dealkylation sites (tertiary alicyclic amines) is 1. The van der Waals surface area contributed by atoms with Gasteiger partial charge < -0.3 is 16.4 Å². The first-order valence-corrected chi connectivity index (χ1v) is 7.05. The van der Waals surface area contributed by atoms with Gasteiger partial charge in [-0.3, -0.25) is 14.5 Å². The molecule has 1 heterocycles. The third-order valence-corrected chi connectivity index (χ3v) is 3.52. The van der Waals surface area contributed by atoms with Crippen LogP contribution < -0.4 is 16.4 Å². The van der Waals surface area contributed by atoms with E-state index in [1.807, 2.05) is 6.92 Å². The van der Waals surface area contributed by atoms with Crippen LogP contribution in [0.2, 0.25) is 0 Å². The predicted octanol–water partition coefficient (Wildman–Crippen LogP) is -0.560. The average Bonchev–Trinajstić information content (AvgIpc) is 2.41. The Morgan fingerprint density at radius 1 is 1.37 bits per heavy atom. The Bertz CT molecular complexity index is 301. The van der Waals surface area contributed by atoms with Gasteiger partial charge in [0.1, 0.15) is 0 Å². The smallest absolute Gasteiger partial charge is 0.237 e. The van der Waals surface area contributed by atoms with Gasteiger partial charge in [-0.25, -0.2) is 0 Å². The molecule has 0 aliphatic carbocycles. The van der Waals surface area contributed by atoms with Gasteiger partial charge in [0, 0.05) is 26.2 Å². The Labute approximate surface area is 115 Å². The summed E-state index contributed by atoms with van der Waals surface area (Å²) in [6.07, 6.45) is 3.39. The molecule has 2 amide bonds. The maximum Gasteiger partial charge on any atom is 0.237 e. The lowest BCUT2D eigenvalue weighted by atomic mass is 10.0. The van der Waals surface area contributed by atoms with Crippen molar-refractivity contribution < 1.29 is 9.59 Å². The van der Waals surface area contributed by atoms with E-state index >= 15 is 0 Å². The summed E-state index contributed by atoms with van der Waals surface area (Å²) < 4.78 is 0. The van der Waals surface area contributed by atoms with Crippen molar-refractivity contribution in [3.05, 3.63) is 0 Å². The van der Waals surface area contributed by atoms with E-state index in [1.54, 1.807) is 7.05 Å². The third-order valence-electron chi connectivity index (χ3n) is 3.52. The highest BCUT2D eigenvalue weighted by Crippen LogP contribution is 2.10. The zero-order valence-corrected chi connectivity index (χ0v) is 11.9. The molecule has 1 saturated heterocycles. The molecule has 0 aromatic heterocycles. The van der Waals surface area contributed by atoms with E-state index in [0.717, 1.165) is 38.8 Å². The maximum absolute atomic E-state index is 11.8. The Morgan fingerprint density at radius 3 is 2.53 bits per heavy atom. The maximum atomic E-state index is 11.8. The van der Waals surface area contributed by atoms with E-state index in [4.69, 9.17) is 5.73 Å². The van der Waals surface area contributed by atoms with Crippen molar-refractivity contribution in [2.45, 2.75) is 44.7 Å². The van der Waals surface area contributed by atoms with Crippen molar-refractivity contribution in [2.24, 2.45) is 5.73 Å². The number of likely N-dealkylation sites (N-methyl/N-ethyl adjacent to an activating group) is 1. The minimum Gasteiger partial charge on any atom is -0.358 e. The average molecular weight is 270 g/mol. The minimum atomic E-state index is -0.395. The molecule has 1 unspecified atom stereocenters. The number of rotatable bonds is 6. The predicted molar refractivity (Wildman–Crippen MR) is 74.6 cm³/mol. The summed E-state index contributed by atoms with van der Waals surface area (Å²) in [6.45, 7) is 4.12. The first-order chi connectivity index (χ1) is 9.06. The summed E-state index contributed by atoms with van der Waals surface area (Å²) in [7, 11) is 1.64. The molecule has 6 nitrogen and oxygen atoms in total. The van der Waals surface area contributed by atoms with Crippen LogP contribution in [0.25, 0.3) is 0 Å². The number of nitrogens with two attached hydrogens (primary N) is 1. The molecule has 6 heteroatoms. The van der Waals surface area contributed by atoms with Crippen LogP contribution in [0, 0.1) is 0 Å². The van der Waals surface area contributed by atoms with Crippen molar-refractivity contribution in [3.63, 3.8) is 0 Å². The van der Waals surface area contributed by atoms with Crippen molar-refractivity contribution >= 4 is 11.8 Å². The molecule has 0 saturated carbocycles. The lowest BCUT2D eigenvalue weighted by molar-refractivity contribution is -0.124. The van der Waals surface area contributed by atoms with Crippen molar-refractivity contribution in [2.75, 3.05) is 26.7 Å². The Hall–Kier alpha value is -1.14. The monoisotopic (exact) mass is 270 g/mol. The quantitative estimate of drug-likeness (QED) is 0.604. The number of nitrogens with one attached hydrogen (secondary N) is 2. The lowest BCUT2D eigenvalue weighted by Gasteiger charge is -2.32. The van der Waals surface area contributed by atoms with Crippen LogP contribution >= 0.6 is 0 Å². The second-order valence-corrected chi connectivity index (χ2v) is 5.13. The standard InChI is InChI=1S/C13H26N4O2/c1-3-4-11(14)13(19)16-10-5-7-17(8-6-10)9-12(18)15-2/h10-11H,3-9,14H2,1-2H3,(H,15,18)(H,16,19). The fourth-order valence-electron chi connectivity index (χ4n) is 2.27. The number of hydrogen-bond donors (Lipinski definition) is 3. The van der Waals surface area contributed by atoms with Crippen LogP contribution in [0.5, 0.6) is 0 Å². The van der Waals surface area contributed by atoms with Gasteiger partial charge in [0.25, 0.3) is 0 Å². The minimum absolute atomic E-state index is 0.0347. The molecule has 19 heavy (non-hydrogen) atoms. The van der Waals surface area contributed by atoms with Gasteiger partial charge in [0.05, 0.1) is 12.6 Å². The number of carbonyl (C=O) groups is 2. The number of carbonyl (C=O) groups excluding carboxylic acids is 2. The molecular weight excluding hydrogens is 244 g/mol. The molecule has 1 atom stereocenters. The highest BCUT2D eigenvalue weighted by atomic mass is 16.2. The zero-order valence-electron chi connectivity index (χ0n) is 11.9. The van der Waals surface area contributed by atoms with Crippen molar-refractivity contribution in [1.29, 1.82) is 0 Å². The molecule has 0 bridgehead atoms. The molecule has 1 rings (SSSR count). The van der Waals surface area contributed by atoms with Gasteiger partial charge in [0.2, 0.25) is 11.8 Å². The SMILES string of the molecule is CCCC(N)C(=O)NC1CCN(CC(=O)NC)CC1. The molecule has 1 aliphatic heterocycles. The van der Waals surface area contributed by atoms with Crippen LogP contribution in [0.4, 0.5) is 0 Å². The zero-order chi connectivity index (χ0) is 14.3. The summed E-state index contributed by atoms with van der Waals surface area (Å²) in [6, 6.07) is -0.203. The fraction of sp³-hybridized carbons (Fsp3) is 0.846. The summed E-state index contributed by atoms with van der Waals surface area (Å²) in [5, 5.41) is 5.62. The Morgan fingerprint density at radius 2 is 2.00 bits per heavy atom. The Balaban J connectivity index is 2.26. The van der Waals surface area contributed by atoms with E-state index in [9.17, 15) is 9.59 Å². The molecule has 1 fully saturated rings. The summed E-state index contributed by atoms with van der Waals surface area (Å²) >= 11 is 0. The van der Waals surface area contributed by atoms with Gasteiger partial charge in [-0.2, -0.15) is 0 Å². The molecule has 0 aromatic carbocycles. The van der Waals surface area contributed by atoms with E-state index in [0.29, 0.717) is 6.54 Å².